The van der Waals surface area contributed by atoms with Crippen molar-refractivity contribution >= 4 is 10.0 Å². The Balaban J connectivity index is 2.18. The van der Waals surface area contributed by atoms with Crippen LogP contribution in [0.1, 0.15) is 18.4 Å². The highest BCUT2D eigenvalue weighted by Crippen LogP contribution is 2.21. The molecule has 0 unspecified atom stereocenters. The summed E-state index contributed by atoms with van der Waals surface area (Å²) in [6.45, 7) is 0.349. The maximum Gasteiger partial charge on any atom is 0.253 e. The Kier molecular flexibility index (Phi) is 4.19. The number of sulfonamides is 1. The van der Waals surface area contributed by atoms with Crippen LogP contribution in [0.3, 0.4) is 0 Å². The van der Waals surface area contributed by atoms with Crippen LogP contribution in [-0.4, -0.2) is 33.6 Å². The van der Waals surface area contributed by atoms with Gasteiger partial charge in [0.15, 0.2) is 0 Å². The van der Waals surface area contributed by atoms with Crippen LogP contribution in [0.4, 0.5) is 4.39 Å². The minimum atomic E-state index is -3.64. The molecule has 2 N–H and O–H groups in total. The van der Waals surface area contributed by atoms with Crippen LogP contribution in [0, 0.1) is 5.82 Å². The molecule has 1 aliphatic rings. The van der Waals surface area contributed by atoms with Crippen LogP contribution in [0.2, 0.25) is 0 Å². The fraction of sp³-hybridized carbons (Fsp3) is 0.500. The normalized spacial score (nSPS) is 16.0. The molecule has 2 rings (SSSR count). The first-order valence-corrected chi connectivity index (χ1v) is 7.58. The van der Waals surface area contributed by atoms with Gasteiger partial charge in [0.05, 0.1) is 4.90 Å². The second-order valence-electron chi connectivity index (χ2n) is 4.90. The average Bonchev–Trinajstić information content (AvgIpc) is 3.09. The second kappa shape index (κ2) is 5.54. The van der Waals surface area contributed by atoms with E-state index in [-0.39, 0.29) is 4.90 Å². The van der Waals surface area contributed by atoms with Crippen LogP contribution in [0.15, 0.2) is 23.1 Å². The molecule has 5 nitrogen and oxygen atoms in total. The molecule has 1 aromatic carbocycles. The van der Waals surface area contributed by atoms with Crippen molar-refractivity contribution in [3.63, 3.8) is 0 Å². The first-order chi connectivity index (χ1) is 8.88. The third-order valence-corrected chi connectivity index (χ3v) is 4.27. The van der Waals surface area contributed by atoms with Crippen LogP contribution in [0.5, 0.6) is 0 Å². The standard InChI is InChI=1S/C12H18FN3O2S/c1-16(2)15-19(17,18)11-5-6-12(13)9(7-11)8-14-10-3-4-10/h5-7,10,14-15H,3-4,8H2,1-2H3. The van der Waals surface area contributed by atoms with E-state index in [0.29, 0.717) is 18.2 Å². The van der Waals surface area contributed by atoms with Crippen LogP contribution < -0.4 is 10.1 Å². The first-order valence-electron chi connectivity index (χ1n) is 6.10. The van der Waals surface area contributed by atoms with Crippen LogP contribution in [0.25, 0.3) is 0 Å². The molecule has 0 aromatic heterocycles. The largest absolute Gasteiger partial charge is 0.310 e. The van der Waals surface area contributed by atoms with Crippen molar-refractivity contribution in [2.45, 2.75) is 30.3 Å². The highest BCUT2D eigenvalue weighted by Gasteiger charge is 2.21. The van der Waals surface area contributed by atoms with Gasteiger partial charge in [0.25, 0.3) is 10.0 Å². The highest BCUT2D eigenvalue weighted by molar-refractivity contribution is 7.89. The van der Waals surface area contributed by atoms with Crippen molar-refractivity contribution in [2.75, 3.05) is 14.1 Å². The van der Waals surface area contributed by atoms with Gasteiger partial charge in [-0.25, -0.2) is 17.8 Å². The molecule has 1 saturated carbocycles. The Hall–Kier alpha value is -1.02. The van der Waals surface area contributed by atoms with Crippen molar-refractivity contribution in [1.82, 2.24) is 15.2 Å². The molecule has 106 valence electrons. The summed E-state index contributed by atoms with van der Waals surface area (Å²) in [4.78, 5) is 2.39. The number of hydrazine groups is 1. The molecular weight excluding hydrogens is 269 g/mol. The van der Waals surface area contributed by atoms with Crippen molar-refractivity contribution in [3.8, 4) is 0 Å². The molecule has 0 saturated heterocycles. The number of rotatable bonds is 6. The Bertz CT molecular complexity index is 556. The number of hydrogen-bond acceptors (Lipinski definition) is 4. The zero-order chi connectivity index (χ0) is 14.0. The SMILES string of the molecule is CN(C)NS(=O)(=O)c1ccc(F)c(CNC2CC2)c1. The van der Waals surface area contributed by atoms with Gasteiger partial charge in [-0.2, -0.15) is 0 Å². The molecule has 1 aromatic rings. The number of hydrogen-bond donors (Lipinski definition) is 2. The fourth-order valence-electron chi connectivity index (χ4n) is 1.69. The van der Waals surface area contributed by atoms with Crippen molar-refractivity contribution in [3.05, 3.63) is 29.6 Å². The molecule has 0 aliphatic heterocycles. The van der Waals surface area contributed by atoms with Gasteiger partial charge in [-0.3, -0.25) is 0 Å². The lowest BCUT2D eigenvalue weighted by Gasteiger charge is -2.13. The second-order valence-corrected chi connectivity index (χ2v) is 6.56. The number of nitrogens with zero attached hydrogens (tertiary/aromatic N) is 1. The molecule has 0 radical (unpaired) electrons. The lowest BCUT2D eigenvalue weighted by molar-refractivity contribution is 0.364. The van der Waals surface area contributed by atoms with Gasteiger partial charge in [0.2, 0.25) is 0 Å². The molecule has 1 fully saturated rings. The summed E-state index contributed by atoms with van der Waals surface area (Å²) in [5, 5.41) is 4.50. The van der Waals surface area contributed by atoms with E-state index in [9.17, 15) is 12.8 Å². The molecule has 0 atom stereocenters. The maximum atomic E-state index is 13.6. The molecule has 0 amide bonds. The first kappa shape index (κ1) is 14.4. The fourth-order valence-corrected chi connectivity index (χ4v) is 2.82. The van der Waals surface area contributed by atoms with E-state index in [1.54, 1.807) is 14.1 Å². The summed E-state index contributed by atoms with van der Waals surface area (Å²) in [5.41, 5.74) is 0.369. The van der Waals surface area contributed by atoms with Gasteiger partial charge >= 0.3 is 0 Å². The van der Waals surface area contributed by atoms with Gasteiger partial charge in [-0.1, -0.05) is 0 Å². The van der Waals surface area contributed by atoms with Crippen LogP contribution >= 0.6 is 0 Å². The van der Waals surface area contributed by atoms with E-state index in [2.05, 4.69) is 10.1 Å². The molecule has 1 aliphatic carbocycles. The molecular formula is C12H18FN3O2S. The summed E-state index contributed by atoms with van der Waals surface area (Å²) in [6, 6.07) is 4.27. The van der Waals surface area contributed by atoms with Gasteiger partial charge in [-0.15, -0.1) is 4.83 Å². The topological polar surface area (TPSA) is 61.4 Å². The van der Waals surface area contributed by atoms with Crippen molar-refractivity contribution in [2.24, 2.45) is 0 Å². The number of benzene rings is 1. The lowest BCUT2D eigenvalue weighted by atomic mass is 10.2. The van der Waals surface area contributed by atoms with Gasteiger partial charge in [0.1, 0.15) is 5.82 Å². The zero-order valence-corrected chi connectivity index (χ0v) is 11.8. The van der Waals surface area contributed by atoms with E-state index in [4.69, 9.17) is 0 Å². The van der Waals surface area contributed by atoms with E-state index < -0.39 is 15.8 Å². The number of halogens is 1. The van der Waals surface area contributed by atoms with Gasteiger partial charge in [-0.05, 0) is 31.0 Å². The van der Waals surface area contributed by atoms with E-state index >= 15 is 0 Å². The van der Waals surface area contributed by atoms with E-state index in [0.717, 1.165) is 12.8 Å². The average molecular weight is 287 g/mol. The zero-order valence-electron chi connectivity index (χ0n) is 11.0. The summed E-state index contributed by atoms with van der Waals surface area (Å²) in [6.07, 6.45) is 2.20. The molecule has 0 spiro atoms. The third-order valence-electron chi connectivity index (χ3n) is 2.79. The van der Waals surface area contributed by atoms with Crippen LogP contribution in [-0.2, 0) is 16.6 Å². The summed E-state index contributed by atoms with van der Waals surface area (Å²) in [7, 11) is -0.480. The minimum Gasteiger partial charge on any atom is -0.310 e. The Morgan fingerprint density at radius 3 is 2.63 bits per heavy atom. The highest BCUT2D eigenvalue weighted by atomic mass is 32.2. The van der Waals surface area contributed by atoms with Gasteiger partial charge in [0, 0.05) is 32.2 Å². The smallest absolute Gasteiger partial charge is 0.253 e. The Morgan fingerprint density at radius 1 is 1.37 bits per heavy atom. The third kappa shape index (κ3) is 3.97. The molecule has 0 heterocycles. The Labute approximate surface area is 112 Å². The summed E-state index contributed by atoms with van der Waals surface area (Å²) >= 11 is 0. The maximum absolute atomic E-state index is 13.6. The van der Waals surface area contributed by atoms with E-state index in [1.807, 2.05) is 0 Å². The summed E-state index contributed by atoms with van der Waals surface area (Å²) in [5.74, 6) is -0.392. The summed E-state index contributed by atoms with van der Waals surface area (Å²) < 4.78 is 37.5. The Morgan fingerprint density at radius 2 is 2.05 bits per heavy atom. The lowest BCUT2D eigenvalue weighted by Crippen LogP contribution is -2.36. The molecule has 0 bridgehead atoms. The monoisotopic (exact) mass is 287 g/mol. The van der Waals surface area contributed by atoms with Crippen molar-refractivity contribution < 1.29 is 12.8 Å². The number of nitrogens with one attached hydrogen (secondary N) is 2. The van der Waals surface area contributed by atoms with Crippen molar-refractivity contribution in [1.29, 1.82) is 0 Å². The predicted molar refractivity (Wildman–Crippen MR) is 70.3 cm³/mol. The molecule has 7 heteroatoms. The minimum absolute atomic E-state index is 0.0650. The van der Waals surface area contributed by atoms with E-state index in [1.165, 1.54) is 23.2 Å². The predicted octanol–water partition coefficient (Wildman–Crippen LogP) is 0.833. The van der Waals surface area contributed by atoms with Gasteiger partial charge < -0.3 is 5.32 Å². The quantitative estimate of drug-likeness (QED) is 0.761. The molecule has 19 heavy (non-hydrogen) atoms.